The molecular weight excluding hydrogens is 296 g/mol. The highest BCUT2D eigenvalue weighted by Crippen LogP contribution is 2.40. The van der Waals surface area contributed by atoms with Gasteiger partial charge in [0.2, 0.25) is 9.84 Å². The Balaban J connectivity index is 2.33. The van der Waals surface area contributed by atoms with Gasteiger partial charge in [-0.2, -0.15) is 5.26 Å². The lowest BCUT2D eigenvalue weighted by molar-refractivity contribution is 0.602. The van der Waals surface area contributed by atoms with E-state index in [1.54, 1.807) is 29.2 Å². The Labute approximate surface area is 129 Å². The van der Waals surface area contributed by atoms with Gasteiger partial charge in [-0.3, -0.25) is 0 Å². The third-order valence-corrected chi connectivity index (χ3v) is 5.38. The SMILES string of the molecule is Cc1ccc(C)c(N2C=C(C#N)S(=O)(=O)c3ccccc32)c1. The summed E-state index contributed by atoms with van der Waals surface area (Å²) in [5, 5.41) is 9.22. The molecule has 0 unspecified atom stereocenters. The molecule has 0 saturated carbocycles. The van der Waals surface area contributed by atoms with Gasteiger partial charge in [0, 0.05) is 11.9 Å². The number of fused-ring (bicyclic) bond motifs is 1. The Morgan fingerprint density at radius 2 is 1.77 bits per heavy atom. The Hall–Kier alpha value is -2.58. The van der Waals surface area contributed by atoms with Crippen LogP contribution in [0, 0.1) is 25.2 Å². The molecule has 0 amide bonds. The van der Waals surface area contributed by atoms with Gasteiger partial charge in [0.05, 0.1) is 10.6 Å². The summed E-state index contributed by atoms with van der Waals surface area (Å²) in [6.07, 6.45) is 1.40. The smallest absolute Gasteiger partial charge is 0.220 e. The Kier molecular flexibility index (Phi) is 3.27. The third kappa shape index (κ3) is 2.09. The maximum atomic E-state index is 12.4. The van der Waals surface area contributed by atoms with Gasteiger partial charge in [-0.25, -0.2) is 8.42 Å². The quantitative estimate of drug-likeness (QED) is 0.807. The molecule has 22 heavy (non-hydrogen) atoms. The van der Waals surface area contributed by atoms with E-state index < -0.39 is 9.84 Å². The largest absolute Gasteiger partial charge is 0.314 e. The predicted molar refractivity (Wildman–Crippen MR) is 85.4 cm³/mol. The van der Waals surface area contributed by atoms with E-state index in [1.165, 1.54) is 12.3 Å². The van der Waals surface area contributed by atoms with Crippen LogP contribution in [0.3, 0.4) is 0 Å². The van der Waals surface area contributed by atoms with Crippen molar-refractivity contribution in [2.75, 3.05) is 4.90 Å². The maximum absolute atomic E-state index is 12.4. The summed E-state index contributed by atoms with van der Waals surface area (Å²) in [4.78, 5) is 1.69. The lowest BCUT2D eigenvalue weighted by Gasteiger charge is -2.28. The van der Waals surface area contributed by atoms with Crippen molar-refractivity contribution < 1.29 is 8.42 Å². The third-order valence-electron chi connectivity index (χ3n) is 3.68. The second-order valence-corrected chi connectivity index (χ2v) is 7.12. The monoisotopic (exact) mass is 310 g/mol. The van der Waals surface area contributed by atoms with Gasteiger partial charge in [0.15, 0.2) is 4.91 Å². The minimum atomic E-state index is -3.74. The molecule has 0 spiro atoms. The van der Waals surface area contributed by atoms with Gasteiger partial charge in [0.25, 0.3) is 0 Å². The number of rotatable bonds is 1. The molecule has 1 heterocycles. The van der Waals surface area contributed by atoms with Crippen LogP contribution in [-0.2, 0) is 9.84 Å². The Bertz CT molecular complexity index is 937. The van der Waals surface area contributed by atoms with Gasteiger partial charge in [-0.15, -0.1) is 0 Å². The average Bonchev–Trinajstić information content (AvgIpc) is 2.50. The summed E-state index contributed by atoms with van der Waals surface area (Å²) >= 11 is 0. The molecule has 0 aliphatic carbocycles. The highest BCUT2D eigenvalue weighted by molar-refractivity contribution is 7.95. The number of hydrogen-bond donors (Lipinski definition) is 0. The lowest BCUT2D eigenvalue weighted by atomic mass is 10.1. The number of benzene rings is 2. The predicted octanol–water partition coefficient (Wildman–Crippen LogP) is 3.59. The van der Waals surface area contributed by atoms with Crippen LogP contribution in [0.5, 0.6) is 0 Å². The highest BCUT2D eigenvalue weighted by Gasteiger charge is 2.32. The van der Waals surface area contributed by atoms with Crippen LogP contribution < -0.4 is 4.90 Å². The normalized spacial score (nSPS) is 15.7. The molecule has 1 aliphatic heterocycles. The molecule has 110 valence electrons. The van der Waals surface area contributed by atoms with Crippen molar-refractivity contribution in [3.05, 3.63) is 64.7 Å². The molecule has 1 aliphatic rings. The first-order valence-corrected chi connectivity index (χ1v) is 8.26. The molecule has 4 nitrogen and oxygen atoms in total. The number of allylic oxidation sites excluding steroid dienone is 1. The van der Waals surface area contributed by atoms with Crippen LogP contribution in [0.25, 0.3) is 0 Å². The van der Waals surface area contributed by atoms with E-state index in [4.69, 9.17) is 0 Å². The fraction of sp³-hybridized carbons (Fsp3) is 0.118. The van der Waals surface area contributed by atoms with E-state index in [0.717, 1.165) is 16.8 Å². The molecule has 5 heteroatoms. The zero-order valence-corrected chi connectivity index (χ0v) is 13.1. The van der Waals surface area contributed by atoms with Gasteiger partial charge in [-0.05, 0) is 43.2 Å². The first-order valence-electron chi connectivity index (χ1n) is 6.77. The maximum Gasteiger partial charge on any atom is 0.220 e. The molecule has 2 aromatic carbocycles. The summed E-state index contributed by atoms with van der Waals surface area (Å²) < 4.78 is 24.9. The molecule has 0 N–H and O–H groups in total. The van der Waals surface area contributed by atoms with E-state index >= 15 is 0 Å². The number of hydrogen-bond acceptors (Lipinski definition) is 4. The molecule has 0 fully saturated rings. The molecular formula is C17H14N2O2S. The second kappa shape index (κ2) is 5.00. The number of para-hydroxylation sites is 1. The Morgan fingerprint density at radius 3 is 2.50 bits per heavy atom. The van der Waals surface area contributed by atoms with Crippen LogP contribution in [-0.4, -0.2) is 8.42 Å². The molecule has 0 saturated heterocycles. The Morgan fingerprint density at radius 1 is 1.05 bits per heavy atom. The van der Waals surface area contributed by atoms with Crippen molar-refractivity contribution in [1.29, 1.82) is 5.26 Å². The van der Waals surface area contributed by atoms with E-state index in [0.29, 0.717) is 5.69 Å². The van der Waals surface area contributed by atoms with Crippen LogP contribution >= 0.6 is 0 Å². The van der Waals surface area contributed by atoms with E-state index in [-0.39, 0.29) is 9.80 Å². The first-order chi connectivity index (χ1) is 10.4. The van der Waals surface area contributed by atoms with E-state index in [2.05, 4.69) is 0 Å². The van der Waals surface area contributed by atoms with Crippen LogP contribution in [0.1, 0.15) is 11.1 Å². The summed E-state index contributed by atoms with van der Waals surface area (Å²) in [7, 11) is -3.74. The molecule has 0 aromatic heterocycles. The lowest BCUT2D eigenvalue weighted by Crippen LogP contribution is -2.21. The zero-order valence-electron chi connectivity index (χ0n) is 12.2. The molecule has 0 atom stereocenters. The molecule has 0 radical (unpaired) electrons. The molecule has 3 rings (SSSR count). The van der Waals surface area contributed by atoms with Crippen molar-refractivity contribution in [2.45, 2.75) is 18.7 Å². The first kappa shape index (κ1) is 14.4. The number of anilines is 2. The van der Waals surface area contributed by atoms with Crippen LogP contribution in [0.15, 0.2) is 58.5 Å². The van der Waals surface area contributed by atoms with Gasteiger partial charge in [0.1, 0.15) is 6.07 Å². The fourth-order valence-corrected chi connectivity index (χ4v) is 3.83. The van der Waals surface area contributed by atoms with Crippen molar-refractivity contribution in [1.82, 2.24) is 0 Å². The zero-order chi connectivity index (χ0) is 15.9. The number of nitriles is 1. The van der Waals surface area contributed by atoms with Crippen molar-refractivity contribution in [3.63, 3.8) is 0 Å². The van der Waals surface area contributed by atoms with Crippen LogP contribution in [0.4, 0.5) is 11.4 Å². The van der Waals surface area contributed by atoms with Gasteiger partial charge < -0.3 is 4.90 Å². The van der Waals surface area contributed by atoms with Crippen LogP contribution in [0.2, 0.25) is 0 Å². The van der Waals surface area contributed by atoms with Gasteiger partial charge >= 0.3 is 0 Å². The topological polar surface area (TPSA) is 61.2 Å². The molecule has 2 aromatic rings. The average molecular weight is 310 g/mol. The minimum absolute atomic E-state index is 0.162. The minimum Gasteiger partial charge on any atom is -0.314 e. The standard InChI is InChI=1S/C17H14N2O2S/c1-12-7-8-13(2)16(9-12)19-11-14(10-18)22(20,21)17-6-4-3-5-15(17)19/h3-9,11H,1-2H3. The summed E-state index contributed by atoms with van der Waals surface area (Å²) in [5.41, 5.74) is 3.51. The van der Waals surface area contributed by atoms with Crippen molar-refractivity contribution in [2.24, 2.45) is 0 Å². The summed E-state index contributed by atoms with van der Waals surface area (Å²) in [5.74, 6) is 0. The number of nitrogens with zero attached hydrogens (tertiary/aromatic N) is 2. The summed E-state index contributed by atoms with van der Waals surface area (Å²) in [6.45, 7) is 3.94. The van der Waals surface area contributed by atoms with Gasteiger partial charge in [-0.1, -0.05) is 24.3 Å². The fourth-order valence-electron chi connectivity index (χ4n) is 2.53. The van der Waals surface area contributed by atoms with E-state index in [1.807, 2.05) is 32.0 Å². The van der Waals surface area contributed by atoms with Crippen molar-refractivity contribution in [3.8, 4) is 6.07 Å². The highest BCUT2D eigenvalue weighted by atomic mass is 32.2. The second-order valence-electron chi connectivity index (χ2n) is 5.24. The van der Waals surface area contributed by atoms with E-state index in [9.17, 15) is 13.7 Å². The number of aryl methyl sites for hydroxylation is 2. The molecule has 0 bridgehead atoms. The number of sulfone groups is 1. The van der Waals surface area contributed by atoms with Crippen molar-refractivity contribution >= 4 is 21.2 Å². The summed E-state index contributed by atoms with van der Waals surface area (Å²) in [6, 6.07) is 14.5.